The molecule has 1 atom stereocenters. The summed E-state index contributed by atoms with van der Waals surface area (Å²) in [6.45, 7) is 1.99. The van der Waals surface area contributed by atoms with Crippen molar-refractivity contribution in [3.63, 3.8) is 0 Å². The minimum Gasteiger partial charge on any atom is -0.343 e. The monoisotopic (exact) mass is 306 g/mol. The predicted octanol–water partition coefficient (Wildman–Crippen LogP) is 2.60. The molecular weight excluding hydrogens is 288 g/mol. The molecular formula is C17H18N6. The molecule has 0 bridgehead atoms. The molecule has 0 saturated carbocycles. The summed E-state index contributed by atoms with van der Waals surface area (Å²) in [5.74, 6) is 0.752. The third-order valence-corrected chi connectivity index (χ3v) is 4.23. The van der Waals surface area contributed by atoms with Crippen LogP contribution in [0.15, 0.2) is 49.3 Å². The molecule has 0 aromatic carbocycles. The van der Waals surface area contributed by atoms with Gasteiger partial charge in [-0.3, -0.25) is 14.9 Å². The number of hydrogen-bond acceptors (Lipinski definition) is 5. The second-order valence-electron chi connectivity index (χ2n) is 5.75. The second kappa shape index (κ2) is 6.26. The summed E-state index contributed by atoms with van der Waals surface area (Å²) in [6, 6.07) is 4.43. The number of aromatic nitrogens is 5. The van der Waals surface area contributed by atoms with Crippen LogP contribution in [0.5, 0.6) is 0 Å². The number of rotatable bonds is 4. The van der Waals surface area contributed by atoms with E-state index in [0.29, 0.717) is 6.04 Å². The Bertz CT molecular complexity index is 739. The Hall–Kier alpha value is -2.60. The van der Waals surface area contributed by atoms with Gasteiger partial charge >= 0.3 is 0 Å². The van der Waals surface area contributed by atoms with Gasteiger partial charge in [0.05, 0.1) is 24.1 Å². The van der Waals surface area contributed by atoms with Crippen LogP contribution in [0, 0.1) is 0 Å². The van der Waals surface area contributed by atoms with Crippen LogP contribution in [0.25, 0.3) is 11.5 Å². The fraction of sp³-hybridized carbons (Fsp3) is 0.294. The van der Waals surface area contributed by atoms with E-state index in [1.54, 1.807) is 18.6 Å². The van der Waals surface area contributed by atoms with E-state index < -0.39 is 0 Å². The fourth-order valence-corrected chi connectivity index (χ4v) is 3.11. The average Bonchev–Trinajstić information content (AvgIpc) is 3.28. The van der Waals surface area contributed by atoms with Crippen molar-refractivity contribution in [3.05, 3.63) is 60.6 Å². The number of aromatic amines is 1. The standard InChI is InChI=1S/C17H18N6/c1-3-13(9-18-5-1)12-23-8-2-4-16(23)14-10-22-15(11-21-14)17-19-6-7-20-17/h1,3,5-7,9-11,16H,2,4,8,12H2,(H,19,20). The molecule has 6 heteroatoms. The molecule has 1 fully saturated rings. The molecule has 0 radical (unpaired) electrons. The molecule has 0 amide bonds. The largest absolute Gasteiger partial charge is 0.343 e. The average molecular weight is 306 g/mol. The first-order chi connectivity index (χ1) is 11.4. The molecule has 1 unspecified atom stereocenters. The Labute approximate surface area is 134 Å². The van der Waals surface area contributed by atoms with Crippen molar-refractivity contribution < 1.29 is 0 Å². The van der Waals surface area contributed by atoms with Gasteiger partial charge in [0.25, 0.3) is 0 Å². The Morgan fingerprint density at radius 2 is 2.13 bits per heavy atom. The summed E-state index contributed by atoms with van der Waals surface area (Å²) in [7, 11) is 0. The van der Waals surface area contributed by atoms with Gasteiger partial charge in [0, 0.05) is 31.3 Å². The van der Waals surface area contributed by atoms with E-state index in [1.165, 1.54) is 12.0 Å². The third kappa shape index (κ3) is 2.98. The molecule has 1 aliphatic rings. The van der Waals surface area contributed by atoms with Crippen LogP contribution in [0.4, 0.5) is 0 Å². The number of nitrogens with one attached hydrogen (secondary N) is 1. The number of likely N-dealkylation sites (tertiary alicyclic amines) is 1. The van der Waals surface area contributed by atoms with Crippen LogP contribution < -0.4 is 0 Å². The van der Waals surface area contributed by atoms with E-state index in [2.05, 4.69) is 35.9 Å². The molecule has 1 N–H and O–H groups in total. The number of H-pyrrole nitrogens is 1. The van der Waals surface area contributed by atoms with Crippen LogP contribution in [-0.2, 0) is 6.54 Å². The Balaban J connectivity index is 1.52. The smallest absolute Gasteiger partial charge is 0.157 e. The van der Waals surface area contributed by atoms with Gasteiger partial charge < -0.3 is 4.98 Å². The third-order valence-electron chi connectivity index (χ3n) is 4.23. The van der Waals surface area contributed by atoms with Crippen molar-refractivity contribution in [3.8, 4) is 11.5 Å². The van der Waals surface area contributed by atoms with Crippen molar-refractivity contribution >= 4 is 0 Å². The van der Waals surface area contributed by atoms with Gasteiger partial charge in [-0.2, -0.15) is 0 Å². The summed E-state index contributed by atoms with van der Waals surface area (Å²) in [4.78, 5) is 23.1. The molecule has 1 saturated heterocycles. The lowest BCUT2D eigenvalue weighted by atomic mass is 10.1. The van der Waals surface area contributed by atoms with E-state index in [0.717, 1.165) is 36.7 Å². The van der Waals surface area contributed by atoms with Crippen molar-refractivity contribution in [1.29, 1.82) is 0 Å². The van der Waals surface area contributed by atoms with Gasteiger partial charge in [0.1, 0.15) is 5.69 Å². The lowest BCUT2D eigenvalue weighted by molar-refractivity contribution is 0.243. The molecule has 4 heterocycles. The van der Waals surface area contributed by atoms with E-state index in [1.807, 2.05) is 24.7 Å². The molecule has 3 aromatic rings. The maximum Gasteiger partial charge on any atom is 0.157 e. The summed E-state index contributed by atoms with van der Waals surface area (Å²) in [5, 5.41) is 0. The number of nitrogens with zero attached hydrogens (tertiary/aromatic N) is 5. The van der Waals surface area contributed by atoms with Crippen molar-refractivity contribution in [1.82, 2.24) is 29.8 Å². The Kier molecular flexibility index (Phi) is 3.81. The first-order valence-corrected chi connectivity index (χ1v) is 7.85. The van der Waals surface area contributed by atoms with E-state index in [9.17, 15) is 0 Å². The first-order valence-electron chi connectivity index (χ1n) is 7.85. The highest BCUT2D eigenvalue weighted by Gasteiger charge is 2.27. The number of imidazole rings is 1. The summed E-state index contributed by atoms with van der Waals surface area (Å²) >= 11 is 0. The minimum atomic E-state index is 0.327. The van der Waals surface area contributed by atoms with Crippen LogP contribution >= 0.6 is 0 Å². The Morgan fingerprint density at radius 3 is 2.87 bits per heavy atom. The summed E-state index contributed by atoms with van der Waals surface area (Å²) in [5.41, 5.74) is 3.04. The van der Waals surface area contributed by atoms with Gasteiger partial charge in [-0.25, -0.2) is 9.97 Å². The lowest BCUT2D eigenvalue weighted by Crippen LogP contribution is -2.23. The lowest BCUT2D eigenvalue weighted by Gasteiger charge is -2.23. The molecule has 116 valence electrons. The Morgan fingerprint density at radius 1 is 1.13 bits per heavy atom. The predicted molar refractivity (Wildman–Crippen MR) is 86.2 cm³/mol. The highest BCUT2D eigenvalue weighted by molar-refractivity contribution is 5.46. The molecule has 0 aliphatic carbocycles. The number of hydrogen-bond donors (Lipinski definition) is 1. The molecule has 4 rings (SSSR count). The maximum atomic E-state index is 4.63. The zero-order valence-corrected chi connectivity index (χ0v) is 12.8. The van der Waals surface area contributed by atoms with Crippen LogP contribution in [-0.4, -0.2) is 36.4 Å². The summed E-state index contributed by atoms with van der Waals surface area (Å²) in [6.07, 6.45) is 13.2. The van der Waals surface area contributed by atoms with Crippen LogP contribution in [0.3, 0.4) is 0 Å². The van der Waals surface area contributed by atoms with Gasteiger partial charge in [0.2, 0.25) is 0 Å². The normalized spacial score (nSPS) is 18.3. The zero-order valence-electron chi connectivity index (χ0n) is 12.8. The topological polar surface area (TPSA) is 70.6 Å². The van der Waals surface area contributed by atoms with Crippen molar-refractivity contribution in [2.45, 2.75) is 25.4 Å². The van der Waals surface area contributed by atoms with Crippen molar-refractivity contribution in [2.24, 2.45) is 0 Å². The minimum absolute atomic E-state index is 0.327. The first kappa shape index (κ1) is 14.0. The zero-order chi connectivity index (χ0) is 15.5. The van der Waals surface area contributed by atoms with Crippen molar-refractivity contribution in [2.75, 3.05) is 6.54 Å². The SMILES string of the molecule is c1cncc(CN2CCCC2c2cnc(-c3ncc[nH]3)cn2)c1. The van der Waals surface area contributed by atoms with Gasteiger partial charge in [-0.05, 0) is 31.0 Å². The van der Waals surface area contributed by atoms with Crippen LogP contribution in [0.2, 0.25) is 0 Å². The molecule has 0 spiro atoms. The molecule has 23 heavy (non-hydrogen) atoms. The van der Waals surface area contributed by atoms with Gasteiger partial charge in [0.15, 0.2) is 5.82 Å². The van der Waals surface area contributed by atoms with Crippen LogP contribution in [0.1, 0.15) is 30.1 Å². The van der Waals surface area contributed by atoms with E-state index >= 15 is 0 Å². The quantitative estimate of drug-likeness (QED) is 0.802. The molecule has 6 nitrogen and oxygen atoms in total. The van der Waals surface area contributed by atoms with Gasteiger partial charge in [-0.15, -0.1) is 0 Å². The van der Waals surface area contributed by atoms with Gasteiger partial charge in [-0.1, -0.05) is 6.07 Å². The summed E-state index contributed by atoms with van der Waals surface area (Å²) < 4.78 is 0. The molecule has 1 aliphatic heterocycles. The van der Waals surface area contributed by atoms with E-state index in [4.69, 9.17) is 0 Å². The van der Waals surface area contributed by atoms with E-state index in [-0.39, 0.29) is 0 Å². The highest BCUT2D eigenvalue weighted by atomic mass is 15.2. The highest BCUT2D eigenvalue weighted by Crippen LogP contribution is 2.31. The fourth-order valence-electron chi connectivity index (χ4n) is 3.11. The molecule has 3 aromatic heterocycles. The maximum absolute atomic E-state index is 4.63. The second-order valence-corrected chi connectivity index (χ2v) is 5.75. The number of pyridine rings is 1.